The van der Waals surface area contributed by atoms with E-state index in [-0.39, 0.29) is 39.7 Å². The monoisotopic (exact) mass is 792 g/mol. The lowest BCUT2D eigenvalue weighted by atomic mass is 9.96. The molecule has 4 heterocycles. The molecule has 4 aromatic heterocycles. The highest BCUT2D eigenvalue weighted by Crippen LogP contribution is 2.22. The van der Waals surface area contributed by atoms with E-state index < -0.39 is 5.41 Å². The molecule has 4 aromatic rings. The number of pyridine rings is 3. The van der Waals surface area contributed by atoms with E-state index in [9.17, 15) is 9.59 Å². The van der Waals surface area contributed by atoms with Crippen molar-refractivity contribution in [3.8, 4) is 11.5 Å². The summed E-state index contributed by atoms with van der Waals surface area (Å²) >= 11 is 5.11. The molecule has 304 valence electrons. The molecular formula is C39H57ClN12O4. The molecule has 0 saturated heterocycles. The summed E-state index contributed by atoms with van der Waals surface area (Å²) in [5.41, 5.74) is 10.5. The molecule has 0 spiro atoms. The second-order valence-corrected chi connectivity index (χ2v) is 14.7. The highest BCUT2D eigenvalue weighted by Gasteiger charge is 2.23. The lowest BCUT2D eigenvalue weighted by Crippen LogP contribution is -2.21. The van der Waals surface area contributed by atoms with Crippen molar-refractivity contribution >= 4 is 46.5 Å². The molecule has 0 fully saturated rings. The van der Waals surface area contributed by atoms with Gasteiger partial charge in [-0.1, -0.05) is 80.5 Å². The number of anilines is 1. The smallest absolute Gasteiger partial charge is 0.254 e. The molecule has 1 amide bonds. The highest BCUT2D eigenvalue weighted by atomic mass is 35.5. The van der Waals surface area contributed by atoms with Gasteiger partial charge in [0.25, 0.3) is 5.91 Å². The van der Waals surface area contributed by atoms with Crippen molar-refractivity contribution in [1.82, 2.24) is 29.9 Å². The van der Waals surface area contributed by atoms with Crippen molar-refractivity contribution in [2.75, 3.05) is 33.6 Å². The fraction of sp³-hybridized carbons (Fsp3) is 0.410. The second kappa shape index (κ2) is 24.5. The number of hydrogen-bond donors (Lipinski definition) is 4. The van der Waals surface area contributed by atoms with Crippen molar-refractivity contribution < 1.29 is 19.1 Å². The summed E-state index contributed by atoms with van der Waals surface area (Å²) in [6.07, 6.45) is 4.99. The fourth-order valence-electron chi connectivity index (χ4n) is 2.99. The maximum absolute atomic E-state index is 11.7. The third-order valence-electron chi connectivity index (χ3n) is 6.30. The van der Waals surface area contributed by atoms with Crippen LogP contribution < -0.4 is 16.8 Å². The topological polar surface area (TPSA) is 243 Å². The Labute approximate surface area is 335 Å². The summed E-state index contributed by atoms with van der Waals surface area (Å²) in [7, 11) is 6.26. The van der Waals surface area contributed by atoms with Crippen molar-refractivity contribution in [1.29, 1.82) is 5.41 Å². The summed E-state index contributed by atoms with van der Waals surface area (Å²) in [4.78, 5) is 54.7. The number of ether oxygens (including phenoxy) is 2. The lowest BCUT2D eigenvalue weighted by Gasteiger charge is -2.17. The Morgan fingerprint density at radius 1 is 0.750 bits per heavy atom. The van der Waals surface area contributed by atoms with Gasteiger partial charge in [0.05, 0.1) is 14.2 Å². The maximum Gasteiger partial charge on any atom is 0.254 e. The van der Waals surface area contributed by atoms with E-state index in [2.05, 4.69) is 70.7 Å². The molecule has 56 heavy (non-hydrogen) atoms. The number of nitrogens with zero attached hydrogens (tertiary/aromatic N) is 8. The molecule has 0 aliphatic heterocycles. The molecule has 0 atom stereocenters. The third-order valence-corrected chi connectivity index (χ3v) is 6.86. The van der Waals surface area contributed by atoms with E-state index in [0.717, 1.165) is 11.5 Å². The Bertz CT molecular complexity index is 1840. The van der Waals surface area contributed by atoms with E-state index in [0.29, 0.717) is 23.2 Å². The van der Waals surface area contributed by atoms with Crippen LogP contribution >= 0.6 is 11.6 Å². The fourth-order valence-corrected chi connectivity index (χ4v) is 2.99. The molecule has 17 heteroatoms. The van der Waals surface area contributed by atoms with Gasteiger partial charge in [-0.2, -0.15) is 15.0 Å². The third kappa shape index (κ3) is 20.5. The van der Waals surface area contributed by atoms with Crippen LogP contribution in [-0.4, -0.2) is 87.1 Å². The Kier molecular flexibility index (Phi) is 21.9. The molecule has 0 aliphatic carbocycles. The predicted molar refractivity (Wildman–Crippen MR) is 224 cm³/mol. The number of hydrogen-bond acceptors (Lipinski definition) is 13. The minimum absolute atomic E-state index is 0.0978. The van der Waals surface area contributed by atoms with Crippen molar-refractivity contribution in [2.24, 2.45) is 32.3 Å². The number of halogens is 1. The van der Waals surface area contributed by atoms with Crippen LogP contribution in [-0.2, 0) is 24.5 Å². The van der Waals surface area contributed by atoms with Crippen molar-refractivity contribution in [3.05, 3.63) is 90.4 Å². The first-order valence-electron chi connectivity index (χ1n) is 17.2. The van der Waals surface area contributed by atoms with Gasteiger partial charge in [-0.3, -0.25) is 34.9 Å². The van der Waals surface area contributed by atoms with Gasteiger partial charge >= 0.3 is 0 Å². The van der Waals surface area contributed by atoms with Gasteiger partial charge in [-0.05, 0) is 48.0 Å². The molecule has 0 aromatic carbocycles. The summed E-state index contributed by atoms with van der Waals surface area (Å²) in [5.74, 6) is 2.17. The molecular weight excluding hydrogens is 736 g/mol. The van der Waals surface area contributed by atoms with Crippen LogP contribution in [0.25, 0.3) is 11.5 Å². The number of aliphatic imine (C=N–C) groups is 2. The summed E-state index contributed by atoms with van der Waals surface area (Å²) in [6.45, 7) is 17.0. The average molecular weight is 793 g/mol. The molecule has 4 rings (SSSR count). The number of nitrogens with two attached hydrogens (primary N) is 2. The van der Waals surface area contributed by atoms with Gasteiger partial charge in [-0.25, -0.2) is 4.98 Å². The largest absolute Gasteiger partial charge is 0.480 e. The van der Waals surface area contributed by atoms with Gasteiger partial charge in [0, 0.05) is 48.9 Å². The first kappa shape index (κ1) is 50.1. The number of aromatic nitrogens is 6. The van der Waals surface area contributed by atoms with E-state index in [1.807, 2.05) is 51.1 Å². The normalized spacial score (nSPS) is 10.8. The number of guanidine groups is 1. The lowest BCUT2D eigenvalue weighted by molar-refractivity contribution is -0.125. The molecule has 0 aliphatic rings. The van der Waals surface area contributed by atoms with Crippen molar-refractivity contribution in [3.63, 3.8) is 0 Å². The number of amides is 1. The van der Waals surface area contributed by atoms with Crippen LogP contribution in [0.15, 0.2) is 83.2 Å². The number of nitrogens with one attached hydrogen (secondary N) is 2. The Balaban J connectivity index is 0.000000725. The van der Waals surface area contributed by atoms with E-state index in [1.165, 1.54) is 21.3 Å². The zero-order valence-corrected chi connectivity index (χ0v) is 35.4. The van der Waals surface area contributed by atoms with E-state index in [1.54, 1.807) is 70.7 Å². The number of carbonyl (C=O) groups excluding carboxylic acids is 2. The van der Waals surface area contributed by atoms with Crippen LogP contribution in [0.2, 0.25) is 0 Å². The molecule has 0 saturated carbocycles. The standard InChI is InChI=1S/C13H17N5.C12H16N2O2.C7H8N2O.C5H9ClO.C2H7N3/c1-13(2,3)11-16-10(17-12(14-4)18-11)9-7-5-6-8-15-9;1-12(2,3)11(15)14-10(16-4)9-7-5-6-8-13-9;1-10-7(8)6-4-2-3-5-9-6;1-5(2,3)4(6)7;1-5-2(3)4/h5-8H,1-4H3,(H,14,16,17,18);5-8H,1-4H3;2-5,8H,1H3;1-3H3;1H3,(H4,3,4,5). The van der Waals surface area contributed by atoms with Crippen LogP contribution in [0, 0.1) is 16.2 Å². The van der Waals surface area contributed by atoms with E-state index >= 15 is 0 Å². The van der Waals surface area contributed by atoms with Crippen LogP contribution in [0.3, 0.4) is 0 Å². The van der Waals surface area contributed by atoms with E-state index in [4.69, 9.17) is 33.2 Å². The molecule has 6 N–H and O–H groups in total. The Hall–Kier alpha value is -5.90. The van der Waals surface area contributed by atoms with Gasteiger partial charge in [0.2, 0.25) is 23.0 Å². The van der Waals surface area contributed by atoms with Crippen LogP contribution in [0.5, 0.6) is 0 Å². The molecule has 0 unspecified atom stereocenters. The summed E-state index contributed by atoms with van der Waals surface area (Å²) in [6, 6.07) is 16.4. The minimum atomic E-state index is -0.515. The summed E-state index contributed by atoms with van der Waals surface area (Å²) in [5, 5.41) is 9.87. The molecule has 16 nitrogen and oxygen atoms in total. The van der Waals surface area contributed by atoms with Crippen LogP contribution in [0.4, 0.5) is 5.95 Å². The summed E-state index contributed by atoms with van der Waals surface area (Å²) < 4.78 is 9.73. The number of carbonyl (C=O) groups is 2. The number of rotatable bonds is 4. The highest BCUT2D eigenvalue weighted by molar-refractivity contribution is 6.64. The quantitative estimate of drug-likeness (QED) is 0.104. The van der Waals surface area contributed by atoms with Gasteiger partial charge in [0.1, 0.15) is 22.9 Å². The first-order valence-corrected chi connectivity index (χ1v) is 17.5. The molecule has 0 radical (unpaired) electrons. The SMILES string of the molecule is CC(C)(C)C(=O)Cl.CN=C(N)N.CNc1nc(-c2ccccn2)nc(C(C)(C)C)n1.COC(=N)c1ccccn1.COC(=NC(=O)C(C)(C)C)c1ccccn1. The van der Waals surface area contributed by atoms with Gasteiger partial charge in [0.15, 0.2) is 11.8 Å². The number of methoxy groups -OCH3 is 2. The van der Waals surface area contributed by atoms with Crippen molar-refractivity contribution in [2.45, 2.75) is 67.7 Å². The van der Waals surface area contributed by atoms with Crippen LogP contribution in [0.1, 0.15) is 79.5 Å². The zero-order chi connectivity index (χ0) is 43.1. The predicted octanol–water partition coefficient (Wildman–Crippen LogP) is 6.06. The average Bonchev–Trinajstić information content (AvgIpc) is 3.17. The van der Waals surface area contributed by atoms with Gasteiger partial charge < -0.3 is 26.3 Å². The Morgan fingerprint density at radius 3 is 1.57 bits per heavy atom. The zero-order valence-electron chi connectivity index (χ0n) is 34.7. The molecule has 0 bridgehead atoms. The second-order valence-electron chi connectivity index (χ2n) is 14.3. The first-order chi connectivity index (χ1) is 26.0. The Morgan fingerprint density at radius 2 is 1.23 bits per heavy atom. The maximum atomic E-state index is 11.7. The minimum Gasteiger partial charge on any atom is -0.480 e. The van der Waals surface area contributed by atoms with Gasteiger partial charge in [-0.15, -0.1) is 0 Å².